The van der Waals surface area contributed by atoms with Gasteiger partial charge >= 0.3 is 0 Å². The van der Waals surface area contributed by atoms with Gasteiger partial charge in [-0.1, -0.05) is 23.4 Å². The van der Waals surface area contributed by atoms with Crippen LogP contribution in [0.2, 0.25) is 0 Å². The van der Waals surface area contributed by atoms with Crippen molar-refractivity contribution in [3.8, 4) is 17.4 Å². The molecule has 3 aromatic heterocycles. The SMILES string of the molecule is CCNC(=O)C1=CNC(=COc2nn3c(-c4cc(COC)on4)nnc3c3ccccc23)C=C1. The predicted octanol–water partition coefficient (Wildman–Crippen LogP) is 2.48. The van der Waals surface area contributed by atoms with E-state index in [4.69, 9.17) is 14.0 Å². The molecule has 4 heterocycles. The highest BCUT2D eigenvalue weighted by molar-refractivity contribution is 5.97. The number of likely N-dealkylation sites (N-methyl/N-ethyl adjacent to an activating group) is 1. The molecule has 172 valence electrons. The molecule has 0 unspecified atom stereocenters. The van der Waals surface area contributed by atoms with E-state index in [0.717, 1.165) is 10.8 Å². The summed E-state index contributed by atoms with van der Waals surface area (Å²) in [5.41, 5.74) is 2.22. The Morgan fingerprint density at radius 1 is 1.24 bits per heavy atom. The lowest BCUT2D eigenvalue weighted by molar-refractivity contribution is -0.117. The van der Waals surface area contributed by atoms with E-state index < -0.39 is 0 Å². The number of nitrogens with zero attached hydrogens (tertiary/aromatic N) is 5. The first-order valence-corrected chi connectivity index (χ1v) is 10.6. The Morgan fingerprint density at radius 2 is 2.09 bits per heavy atom. The number of amides is 1. The van der Waals surface area contributed by atoms with Crippen LogP contribution in [0.1, 0.15) is 12.7 Å². The molecule has 4 aromatic rings. The Bertz CT molecular complexity index is 1460. The minimum absolute atomic E-state index is 0.147. The van der Waals surface area contributed by atoms with Gasteiger partial charge < -0.3 is 24.6 Å². The zero-order valence-corrected chi connectivity index (χ0v) is 18.5. The molecular weight excluding hydrogens is 438 g/mol. The smallest absolute Gasteiger partial charge is 0.252 e. The lowest BCUT2D eigenvalue weighted by atomic mass is 10.2. The van der Waals surface area contributed by atoms with Gasteiger partial charge in [-0.3, -0.25) is 4.79 Å². The van der Waals surface area contributed by atoms with Gasteiger partial charge in [0.2, 0.25) is 11.7 Å². The van der Waals surface area contributed by atoms with Crippen molar-refractivity contribution in [3.05, 3.63) is 72.0 Å². The Balaban J connectivity index is 1.49. The molecule has 11 nitrogen and oxygen atoms in total. The maximum atomic E-state index is 12.0. The number of methoxy groups -OCH3 is 1. The number of hydrogen-bond acceptors (Lipinski definition) is 9. The molecule has 0 fully saturated rings. The highest BCUT2D eigenvalue weighted by Gasteiger charge is 2.19. The molecule has 2 N–H and O–H groups in total. The van der Waals surface area contributed by atoms with E-state index in [1.165, 1.54) is 6.26 Å². The van der Waals surface area contributed by atoms with Crippen molar-refractivity contribution in [2.45, 2.75) is 13.5 Å². The van der Waals surface area contributed by atoms with Crippen LogP contribution in [0.3, 0.4) is 0 Å². The molecule has 1 aromatic carbocycles. The van der Waals surface area contributed by atoms with Crippen molar-refractivity contribution >= 4 is 22.3 Å². The summed E-state index contributed by atoms with van der Waals surface area (Å²) in [5, 5.41) is 24.6. The summed E-state index contributed by atoms with van der Waals surface area (Å²) in [6.07, 6.45) is 6.61. The minimum atomic E-state index is -0.147. The molecule has 11 heteroatoms. The standard InChI is InChI=1S/C23H21N7O4/c1-3-24-22(31)14-8-9-15(25-11-14)12-33-23-18-7-5-4-6-17(18)20-26-27-21(30(20)28-23)19-10-16(13-32-2)34-29-19/h4-12,25H,3,13H2,1-2H3,(H,24,31). The van der Waals surface area contributed by atoms with Crippen LogP contribution in [0.5, 0.6) is 5.88 Å². The lowest BCUT2D eigenvalue weighted by Gasteiger charge is -2.12. The summed E-state index contributed by atoms with van der Waals surface area (Å²) in [7, 11) is 1.58. The monoisotopic (exact) mass is 459 g/mol. The van der Waals surface area contributed by atoms with E-state index in [2.05, 4.69) is 31.1 Å². The molecule has 0 saturated heterocycles. The number of ether oxygens (including phenoxy) is 2. The number of carbonyl (C=O) groups excluding carboxylic acids is 1. The number of fused-ring (bicyclic) bond motifs is 3. The van der Waals surface area contributed by atoms with E-state index in [0.29, 0.717) is 53.2 Å². The topological polar surface area (TPSA) is 129 Å². The summed E-state index contributed by atoms with van der Waals surface area (Å²) in [5.74, 6) is 1.18. The molecule has 0 bridgehead atoms. The summed E-state index contributed by atoms with van der Waals surface area (Å²) < 4.78 is 17.9. The number of hydrogen-bond donors (Lipinski definition) is 2. The van der Waals surface area contributed by atoms with Crippen LogP contribution in [-0.2, 0) is 16.1 Å². The first-order chi connectivity index (χ1) is 16.7. The Hall–Kier alpha value is -4.51. The summed E-state index contributed by atoms with van der Waals surface area (Å²) in [4.78, 5) is 12.0. The number of allylic oxidation sites excluding steroid dienone is 1. The first kappa shape index (κ1) is 21.3. The fourth-order valence-corrected chi connectivity index (χ4v) is 3.46. The zero-order valence-electron chi connectivity index (χ0n) is 18.5. The molecule has 34 heavy (non-hydrogen) atoms. The Labute approximate surface area is 193 Å². The van der Waals surface area contributed by atoms with Gasteiger partial charge in [0, 0.05) is 36.7 Å². The maximum Gasteiger partial charge on any atom is 0.252 e. The van der Waals surface area contributed by atoms with Gasteiger partial charge in [0.25, 0.3) is 5.91 Å². The van der Waals surface area contributed by atoms with Crippen molar-refractivity contribution in [2.24, 2.45) is 0 Å². The molecule has 5 rings (SSSR count). The molecule has 1 aliphatic heterocycles. The molecule has 1 aliphatic rings. The Kier molecular flexibility index (Phi) is 5.75. The quantitative estimate of drug-likeness (QED) is 0.400. The second kappa shape index (κ2) is 9.16. The second-order valence-corrected chi connectivity index (χ2v) is 7.35. The van der Waals surface area contributed by atoms with Crippen molar-refractivity contribution < 1.29 is 18.8 Å². The number of benzene rings is 1. The highest BCUT2D eigenvalue weighted by Crippen LogP contribution is 2.29. The summed E-state index contributed by atoms with van der Waals surface area (Å²) >= 11 is 0. The van der Waals surface area contributed by atoms with Crippen molar-refractivity contribution in [3.63, 3.8) is 0 Å². The summed E-state index contributed by atoms with van der Waals surface area (Å²) in [6, 6.07) is 9.35. The van der Waals surface area contributed by atoms with Crippen LogP contribution >= 0.6 is 0 Å². The van der Waals surface area contributed by atoms with Gasteiger partial charge in [0.1, 0.15) is 12.9 Å². The predicted molar refractivity (Wildman–Crippen MR) is 122 cm³/mol. The third-order valence-corrected chi connectivity index (χ3v) is 5.04. The third-order valence-electron chi connectivity index (χ3n) is 5.04. The van der Waals surface area contributed by atoms with Crippen LogP contribution < -0.4 is 15.4 Å². The van der Waals surface area contributed by atoms with Crippen LogP contribution in [0.4, 0.5) is 0 Å². The molecular formula is C23H21N7O4. The van der Waals surface area contributed by atoms with E-state index in [1.54, 1.807) is 36.0 Å². The highest BCUT2D eigenvalue weighted by atomic mass is 16.5. The van der Waals surface area contributed by atoms with Gasteiger partial charge in [-0.05, 0) is 25.1 Å². The van der Waals surface area contributed by atoms with Gasteiger partial charge in [0.05, 0.1) is 11.3 Å². The number of aromatic nitrogens is 5. The second-order valence-electron chi connectivity index (χ2n) is 7.35. The van der Waals surface area contributed by atoms with Crippen LogP contribution in [0.25, 0.3) is 27.9 Å². The average Bonchev–Trinajstić information content (AvgIpc) is 3.50. The van der Waals surface area contributed by atoms with Gasteiger partial charge in [-0.2, -0.15) is 4.52 Å². The lowest BCUT2D eigenvalue weighted by Crippen LogP contribution is -2.26. The van der Waals surface area contributed by atoms with Crippen LogP contribution in [0.15, 0.2) is 70.7 Å². The molecule has 0 aliphatic carbocycles. The largest absolute Gasteiger partial charge is 0.443 e. The van der Waals surface area contributed by atoms with Gasteiger partial charge in [-0.25, -0.2) is 0 Å². The molecule has 0 saturated carbocycles. The fourth-order valence-electron chi connectivity index (χ4n) is 3.46. The third kappa shape index (κ3) is 3.99. The molecule has 0 radical (unpaired) electrons. The molecule has 1 amide bonds. The first-order valence-electron chi connectivity index (χ1n) is 10.6. The van der Waals surface area contributed by atoms with Crippen LogP contribution in [0, 0.1) is 0 Å². The zero-order chi connectivity index (χ0) is 23.5. The van der Waals surface area contributed by atoms with Crippen molar-refractivity contribution in [1.29, 1.82) is 0 Å². The van der Waals surface area contributed by atoms with Crippen molar-refractivity contribution in [2.75, 3.05) is 13.7 Å². The Morgan fingerprint density at radius 3 is 2.85 bits per heavy atom. The molecule has 0 spiro atoms. The number of nitrogens with one attached hydrogen (secondary N) is 2. The van der Waals surface area contributed by atoms with Gasteiger partial charge in [0.15, 0.2) is 17.1 Å². The molecule has 0 atom stereocenters. The van der Waals surface area contributed by atoms with Crippen LogP contribution in [-0.4, -0.2) is 44.5 Å². The van der Waals surface area contributed by atoms with E-state index in [1.807, 2.05) is 31.2 Å². The summed E-state index contributed by atoms with van der Waals surface area (Å²) in [6.45, 7) is 2.72. The van der Waals surface area contributed by atoms with E-state index >= 15 is 0 Å². The minimum Gasteiger partial charge on any atom is -0.443 e. The number of dihydropyridines is 1. The normalized spacial score (nSPS) is 14.4. The average molecular weight is 459 g/mol. The van der Waals surface area contributed by atoms with Crippen molar-refractivity contribution in [1.82, 2.24) is 35.6 Å². The van der Waals surface area contributed by atoms with Gasteiger partial charge in [-0.15, -0.1) is 15.3 Å². The van der Waals surface area contributed by atoms with E-state index in [9.17, 15) is 4.79 Å². The number of rotatable bonds is 7. The number of carbonyl (C=O) groups is 1. The fraction of sp³-hybridized carbons (Fsp3) is 0.174. The van der Waals surface area contributed by atoms with E-state index in [-0.39, 0.29) is 5.91 Å². The maximum absolute atomic E-state index is 12.0.